The van der Waals surface area contributed by atoms with Crippen molar-refractivity contribution in [2.45, 2.75) is 19.0 Å². The molecule has 1 aromatic carbocycles. The fraction of sp³-hybridized carbons (Fsp3) is 0.300. The highest BCUT2D eigenvalue weighted by Gasteiger charge is 2.32. The molecule has 0 unspecified atom stereocenters. The zero-order valence-electron chi connectivity index (χ0n) is 15.5. The van der Waals surface area contributed by atoms with Crippen LogP contribution in [0.1, 0.15) is 12.0 Å². The summed E-state index contributed by atoms with van der Waals surface area (Å²) in [6.07, 6.45) is 5.54. The van der Waals surface area contributed by atoms with Crippen LogP contribution in [-0.4, -0.2) is 57.6 Å². The zero-order chi connectivity index (χ0) is 19.5. The maximum Gasteiger partial charge on any atom is 0.307 e. The van der Waals surface area contributed by atoms with Crippen LogP contribution in [0.2, 0.25) is 0 Å². The summed E-state index contributed by atoms with van der Waals surface area (Å²) in [4.78, 5) is 30.5. The number of nitrogens with one attached hydrogen (secondary N) is 1. The molecule has 3 aromatic rings. The van der Waals surface area contributed by atoms with Crippen molar-refractivity contribution in [1.29, 1.82) is 0 Å². The average molecular weight is 379 g/mol. The molecule has 0 bridgehead atoms. The Labute approximate surface area is 162 Å². The Bertz CT molecular complexity index is 1000. The summed E-state index contributed by atoms with van der Waals surface area (Å²) < 4.78 is 6.48. The molecule has 1 amide bonds. The highest BCUT2D eigenvalue weighted by atomic mass is 16.5. The SMILES string of the molecule is COC(=O)C[C@@H]1C(=O)NCCN1Cc1cnc2c(-c3ccccc3)cnn2c1. The zero-order valence-corrected chi connectivity index (χ0v) is 15.5. The number of carbonyl (C=O) groups excluding carboxylic acids is 2. The Morgan fingerprint density at radius 2 is 2.11 bits per heavy atom. The van der Waals surface area contributed by atoms with Crippen LogP contribution in [0, 0.1) is 0 Å². The summed E-state index contributed by atoms with van der Waals surface area (Å²) in [7, 11) is 1.33. The second-order valence-electron chi connectivity index (χ2n) is 6.71. The lowest BCUT2D eigenvalue weighted by Gasteiger charge is -2.34. The van der Waals surface area contributed by atoms with Crippen molar-refractivity contribution in [2.75, 3.05) is 20.2 Å². The van der Waals surface area contributed by atoms with Crippen LogP contribution in [0.25, 0.3) is 16.8 Å². The van der Waals surface area contributed by atoms with E-state index >= 15 is 0 Å². The van der Waals surface area contributed by atoms with Crippen LogP contribution in [-0.2, 0) is 20.9 Å². The minimum Gasteiger partial charge on any atom is -0.469 e. The molecule has 8 nitrogen and oxygen atoms in total. The van der Waals surface area contributed by atoms with Crippen molar-refractivity contribution < 1.29 is 14.3 Å². The first-order valence-electron chi connectivity index (χ1n) is 9.12. The van der Waals surface area contributed by atoms with Gasteiger partial charge in [0.05, 0.1) is 19.7 Å². The molecule has 0 spiro atoms. The summed E-state index contributed by atoms with van der Waals surface area (Å²) in [5, 5.41) is 7.23. The van der Waals surface area contributed by atoms with Gasteiger partial charge in [0.15, 0.2) is 5.65 Å². The number of hydrogen-bond donors (Lipinski definition) is 1. The van der Waals surface area contributed by atoms with Gasteiger partial charge in [0, 0.05) is 43.2 Å². The molecule has 3 heterocycles. The van der Waals surface area contributed by atoms with E-state index in [9.17, 15) is 9.59 Å². The van der Waals surface area contributed by atoms with E-state index in [2.05, 4.69) is 15.4 Å². The largest absolute Gasteiger partial charge is 0.469 e. The summed E-state index contributed by atoms with van der Waals surface area (Å²) in [5.41, 5.74) is 3.72. The minimum absolute atomic E-state index is 0.0257. The number of aromatic nitrogens is 3. The highest BCUT2D eigenvalue weighted by molar-refractivity contribution is 5.87. The summed E-state index contributed by atoms with van der Waals surface area (Å²) >= 11 is 0. The van der Waals surface area contributed by atoms with E-state index in [1.807, 2.05) is 41.4 Å². The van der Waals surface area contributed by atoms with Gasteiger partial charge >= 0.3 is 5.97 Å². The van der Waals surface area contributed by atoms with E-state index in [0.29, 0.717) is 19.6 Å². The van der Waals surface area contributed by atoms with E-state index in [1.165, 1.54) is 7.11 Å². The van der Waals surface area contributed by atoms with E-state index in [0.717, 1.165) is 22.3 Å². The van der Waals surface area contributed by atoms with Crippen LogP contribution in [0.3, 0.4) is 0 Å². The monoisotopic (exact) mass is 379 g/mol. The lowest BCUT2D eigenvalue weighted by Crippen LogP contribution is -2.55. The maximum absolute atomic E-state index is 12.2. The minimum atomic E-state index is -0.547. The number of piperazine rings is 1. The summed E-state index contributed by atoms with van der Waals surface area (Å²) in [5.74, 6) is -0.559. The Kier molecular flexibility index (Phi) is 5.03. The number of amides is 1. The number of ether oxygens (including phenoxy) is 1. The topological polar surface area (TPSA) is 88.8 Å². The number of carbonyl (C=O) groups is 2. The van der Waals surface area contributed by atoms with Crippen molar-refractivity contribution >= 4 is 17.5 Å². The third-order valence-electron chi connectivity index (χ3n) is 4.91. The first kappa shape index (κ1) is 18.1. The number of benzene rings is 1. The van der Waals surface area contributed by atoms with E-state index < -0.39 is 12.0 Å². The molecular formula is C20H21N5O3. The number of esters is 1. The Morgan fingerprint density at radius 3 is 2.89 bits per heavy atom. The molecule has 0 radical (unpaired) electrons. The third kappa shape index (κ3) is 3.59. The highest BCUT2D eigenvalue weighted by Crippen LogP contribution is 2.23. The fourth-order valence-electron chi connectivity index (χ4n) is 3.47. The van der Waals surface area contributed by atoms with Gasteiger partial charge in [-0.15, -0.1) is 0 Å². The van der Waals surface area contributed by atoms with Gasteiger partial charge in [-0.3, -0.25) is 14.5 Å². The molecule has 1 aliphatic heterocycles. The van der Waals surface area contributed by atoms with E-state index in [-0.39, 0.29) is 12.3 Å². The second-order valence-corrected chi connectivity index (χ2v) is 6.71. The lowest BCUT2D eigenvalue weighted by atomic mass is 10.1. The molecule has 8 heteroatoms. The van der Waals surface area contributed by atoms with Crippen LogP contribution in [0.4, 0.5) is 0 Å². The Morgan fingerprint density at radius 1 is 1.29 bits per heavy atom. The van der Waals surface area contributed by atoms with Crippen molar-refractivity contribution in [3.8, 4) is 11.1 Å². The second kappa shape index (κ2) is 7.77. The quantitative estimate of drug-likeness (QED) is 0.672. The normalized spacial score (nSPS) is 17.5. The molecule has 1 fully saturated rings. The molecular weight excluding hydrogens is 358 g/mol. The molecule has 1 aliphatic rings. The number of methoxy groups -OCH3 is 1. The average Bonchev–Trinajstić information content (AvgIpc) is 3.14. The van der Waals surface area contributed by atoms with Gasteiger partial charge < -0.3 is 10.1 Å². The molecule has 4 rings (SSSR count). The third-order valence-corrected chi connectivity index (χ3v) is 4.91. The number of nitrogens with zero attached hydrogens (tertiary/aromatic N) is 4. The molecule has 144 valence electrons. The standard InChI is InChI=1S/C20H21N5O3/c1-28-18(26)9-17-20(27)21-7-8-24(17)12-14-10-22-19-16(11-23-25(19)13-14)15-5-3-2-4-6-15/h2-6,10-11,13,17H,7-9,12H2,1H3,(H,21,27)/t17-/m1/s1. The van der Waals surface area contributed by atoms with Crippen LogP contribution in [0.5, 0.6) is 0 Å². The molecule has 28 heavy (non-hydrogen) atoms. The predicted molar refractivity (Wildman–Crippen MR) is 102 cm³/mol. The van der Waals surface area contributed by atoms with Gasteiger partial charge in [-0.05, 0) is 5.56 Å². The van der Waals surface area contributed by atoms with Crippen LogP contribution in [0.15, 0.2) is 48.9 Å². The first-order valence-corrected chi connectivity index (χ1v) is 9.12. The molecule has 0 saturated carbocycles. The molecule has 2 aromatic heterocycles. The molecule has 0 aliphatic carbocycles. The van der Waals surface area contributed by atoms with Crippen molar-refractivity contribution in [1.82, 2.24) is 24.8 Å². The summed E-state index contributed by atoms with van der Waals surface area (Å²) in [6, 6.07) is 9.44. The van der Waals surface area contributed by atoms with Gasteiger partial charge in [-0.2, -0.15) is 5.10 Å². The van der Waals surface area contributed by atoms with E-state index in [4.69, 9.17) is 4.74 Å². The van der Waals surface area contributed by atoms with Crippen molar-refractivity contribution in [2.24, 2.45) is 0 Å². The van der Waals surface area contributed by atoms with Crippen molar-refractivity contribution in [3.05, 3.63) is 54.5 Å². The number of fused-ring (bicyclic) bond motifs is 1. The smallest absolute Gasteiger partial charge is 0.307 e. The van der Waals surface area contributed by atoms with Crippen molar-refractivity contribution in [3.63, 3.8) is 0 Å². The number of hydrogen-bond acceptors (Lipinski definition) is 6. The molecule has 1 saturated heterocycles. The van der Waals surface area contributed by atoms with Gasteiger partial charge in [-0.1, -0.05) is 30.3 Å². The number of rotatable bonds is 5. The maximum atomic E-state index is 12.2. The van der Waals surface area contributed by atoms with Gasteiger partial charge in [0.1, 0.15) is 6.04 Å². The van der Waals surface area contributed by atoms with Gasteiger partial charge in [0.2, 0.25) is 5.91 Å². The summed E-state index contributed by atoms with van der Waals surface area (Å²) in [6.45, 7) is 1.70. The van der Waals surface area contributed by atoms with Crippen LogP contribution >= 0.6 is 0 Å². The molecule has 1 N–H and O–H groups in total. The Hall–Kier alpha value is -3.26. The molecule has 1 atom stereocenters. The lowest BCUT2D eigenvalue weighted by molar-refractivity contribution is -0.146. The first-order chi connectivity index (χ1) is 13.7. The van der Waals surface area contributed by atoms with Gasteiger partial charge in [0.25, 0.3) is 0 Å². The Balaban J connectivity index is 1.57. The van der Waals surface area contributed by atoms with E-state index in [1.54, 1.807) is 16.9 Å². The van der Waals surface area contributed by atoms with Gasteiger partial charge in [-0.25, -0.2) is 9.50 Å². The van der Waals surface area contributed by atoms with Crippen LogP contribution < -0.4 is 5.32 Å². The fourth-order valence-corrected chi connectivity index (χ4v) is 3.47. The predicted octanol–water partition coefficient (Wildman–Crippen LogP) is 1.26.